The highest BCUT2D eigenvalue weighted by atomic mass is 15.2. The highest BCUT2D eigenvalue weighted by Gasteiger charge is 2.23. The van der Waals surface area contributed by atoms with Crippen LogP contribution in [0.25, 0.3) is 0 Å². The molecule has 5 heteroatoms. The average Bonchev–Trinajstić information content (AvgIpc) is 2.91. The van der Waals surface area contributed by atoms with Gasteiger partial charge in [0.1, 0.15) is 11.9 Å². The van der Waals surface area contributed by atoms with Crippen molar-refractivity contribution >= 4 is 5.82 Å². The molecule has 2 aliphatic heterocycles. The second-order valence-corrected chi connectivity index (χ2v) is 4.53. The fraction of sp³-hybridized carbons (Fsp3) is 0.583. The van der Waals surface area contributed by atoms with Crippen LogP contribution in [0.15, 0.2) is 0 Å². The smallest absolute Gasteiger partial charge is 0.234 e. The van der Waals surface area contributed by atoms with E-state index in [9.17, 15) is 0 Å². The quantitative estimate of drug-likeness (QED) is 0.763. The molecule has 0 amide bonds. The molecule has 17 heavy (non-hydrogen) atoms. The van der Waals surface area contributed by atoms with Crippen molar-refractivity contribution in [1.29, 1.82) is 5.26 Å². The van der Waals surface area contributed by atoms with E-state index in [1.807, 2.05) is 0 Å². The van der Waals surface area contributed by atoms with E-state index in [4.69, 9.17) is 5.26 Å². The summed E-state index contributed by atoms with van der Waals surface area (Å²) in [6.07, 6.45) is 3.33. The second kappa shape index (κ2) is 4.30. The van der Waals surface area contributed by atoms with Gasteiger partial charge in [0.2, 0.25) is 5.82 Å². The lowest BCUT2D eigenvalue weighted by Gasteiger charge is -2.24. The first-order chi connectivity index (χ1) is 8.38. The van der Waals surface area contributed by atoms with Gasteiger partial charge in [-0.05, 0) is 12.8 Å². The summed E-state index contributed by atoms with van der Waals surface area (Å²) in [6.45, 7) is 3.86. The minimum atomic E-state index is 0.313. The van der Waals surface area contributed by atoms with E-state index in [2.05, 4.69) is 26.3 Å². The lowest BCUT2D eigenvalue weighted by Crippen LogP contribution is -2.30. The molecule has 0 saturated carbocycles. The first-order valence-electron chi connectivity index (χ1n) is 6.14. The number of nitrogens with one attached hydrogen (secondary N) is 1. The molecule has 1 aromatic rings. The number of rotatable bonds is 1. The summed E-state index contributed by atoms with van der Waals surface area (Å²) in [5.41, 5.74) is 2.24. The molecule has 3 rings (SSSR count). The van der Waals surface area contributed by atoms with E-state index in [1.54, 1.807) is 0 Å². The van der Waals surface area contributed by atoms with Crippen molar-refractivity contribution in [3.8, 4) is 6.07 Å². The van der Waals surface area contributed by atoms with E-state index >= 15 is 0 Å². The van der Waals surface area contributed by atoms with Gasteiger partial charge < -0.3 is 10.2 Å². The third-order valence-corrected chi connectivity index (χ3v) is 3.42. The lowest BCUT2D eigenvalue weighted by molar-refractivity contribution is 0.622. The van der Waals surface area contributed by atoms with Crippen LogP contribution in [0.2, 0.25) is 0 Å². The summed E-state index contributed by atoms with van der Waals surface area (Å²) in [6, 6.07) is 2.07. The SMILES string of the molecule is N#Cc1nc2c(c(N3CCCC3)n1)CNCC2. The summed E-state index contributed by atoms with van der Waals surface area (Å²) < 4.78 is 0. The lowest BCUT2D eigenvalue weighted by atomic mass is 10.1. The van der Waals surface area contributed by atoms with E-state index < -0.39 is 0 Å². The Kier molecular flexibility index (Phi) is 2.65. The van der Waals surface area contributed by atoms with E-state index in [-0.39, 0.29) is 0 Å². The maximum Gasteiger partial charge on any atom is 0.234 e. The van der Waals surface area contributed by atoms with E-state index in [1.165, 1.54) is 18.4 Å². The molecule has 5 nitrogen and oxygen atoms in total. The van der Waals surface area contributed by atoms with E-state index in [0.717, 1.165) is 44.1 Å². The second-order valence-electron chi connectivity index (χ2n) is 4.53. The monoisotopic (exact) mass is 229 g/mol. The zero-order valence-corrected chi connectivity index (χ0v) is 9.74. The first-order valence-corrected chi connectivity index (χ1v) is 6.14. The Morgan fingerprint density at radius 3 is 2.82 bits per heavy atom. The number of nitriles is 1. The first kappa shape index (κ1) is 10.5. The van der Waals surface area contributed by atoms with Crippen molar-refractivity contribution in [3.63, 3.8) is 0 Å². The van der Waals surface area contributed by atoms with Gasteiger partial charge in [0, 0.05) is 38.2 Å². The normalized spacial score (nSPS) is 18.9. The predicted molar refractivity (Wildman–Crippen MR) is 63.6 cm³/mol. The van der Waals surface area contributed by atoms with Gasteiger partial charge >= 0.3 is 0 Å². The highest BCUT2D eigenvalue weighted by Crippen LogP contribution is 2.26. The number of aromatic nitrogens is 2. The summed E-state index contributed by atoms with van der Waals surface area (Å²) >= 11 is 0. The Morgan fingerprint density at radius 2 is 2.06 bits per heavy atom. The largest absolute Gasteiger partial charge is 0.356 e. The molecule has 0 unspecified atom stereocenters. The molecule has 1 aromatic heterocycles. The molecule has 0 atom stereocenters. The van der Waals surface area contributed by atoms with Crippen LogP contribution in [0, 0.1) is 11.3 Å². The van der Waals surface area contributed by atoms with Gasteiger partial charge in [0.05, 0.1) is 5.69 Å². The van der Waals surface area contributed by atoms with Crippen molar-refractivity contribution in [2.45, 2.75) is 25.8 Å². The predicted octanol–water partition coefficient (Wildman–Crippen LogP) is 0.594. The Labute approximate surface area is 100 Å². The topological polar surface area (TPSA) is 64.8 Å². The fourth-order valence-electron chi connectivity index (χ4n) is 2.57. The maximum absolute atomic E-state index is 9.00. The molecular formula is C12H15N5. The Hall–Kier alpha value is -1.67. The van der Waals surface area contributed by atoms with Crippen LogP contribution >= 0.6 is 0 Å². The van der Waals surface area contributed by atoms with Crippen molar-refractivity contribution in [3.05, 3.63) is 17.1 Å². The molecule has 1 saturated heterocycles. The van der Waals surface area contributed by atoms with Crippen molar-refractivity contribution in [1.82, 2.24) is 15.3 Å². The zero-order valence-electron chi connectivity index (χ0n) is 9.74. The van der Waals surface area contributed by atoms with E-state index in [0.29, 0.717) is 5.82 Å². The van der Waals surface area contributed by atoms with Gasteiger partial charge in [-0.3, -0.25) is 0 Å². The Balaban J connectivity index is 2.08. The number of fused-ring (bicyclic) bond motifs is 1. The zero-order chi connectivity index (χ0) is 11.7. The molecule has 2 aliphatic rings. The van der Waals surface area contributed by atoms with Crippen molar-refractivity contribution in [2.24, 2.45) is 0 Å². The molecule has 0 aromatic carbocycles. The van der Waals surface area contributed by atoms with Gasteiger partial charge in [-0.1, -0.05) is 0 Å². The van der Waals surface area contributed by atoms with Crippen LogP contribution in [0.4, 0.5) is 5.82 Å². The maximum atomic E-state index is 9.00. The average molecular weight is 229 g/mol. The molecule has 0 spiro atoms. The molecule has 88 valence electrons. The minimum Gasteiger partial charge on any atom is -0.356 e. The number of nitrogens with zero attached hydrogens (tertiary/aromatic N) is 4. The molecular weight excluding hydrogens is 214 g/mol. The Morgan fingerprint density at radius 1 is 1.24 bits per heavy atom. The van der Waals surface area contributed by atoms with Gasteiger partial charge in [-0.25, -0.2) is 9.97 Å². The fourth-order valence-corrected chi connectivity index (χ4v) is 2.57. The highest BCUT2D eigenvalue weighted by molar-refractivity contribution is 5.51. The minimum absolute atomic E-state index is 0.313. The molecule has 0 aliphatic carbocycles. The summed E-state index contributed by atoms with van der Waals surface area (Å²) in [5.74, 6) is 1.30. The number of anilines is 1. The molecule has 3 heterocycles. The van der Waals surface area contributed by atoms with Gasteiger partial charge in [0.15, 0.2) is 0 Å². The van der Waals surface area contributed by atoms with Crippen LogP contribution in [0.1, 0.15) is 29.9 Å². The van der Waals surface area contributed by atoms with Crippen molar-refractivity contribution < 1.29 is 0 Å². The third-order valence-electron chi connectivity index (χ3n) is 3.42. The van der Waals surface area contributed by atoms with Crippen LogP contribution in [0.5, 0.6) is 0 Å². The molecule has 1 fully saturated rings. The summed E-state index contributed by atoms with van der Waals surface area (Å²) in [4.78, 5) is 11.0. The third kappa shape index (κ3) is 1.85. The summed E-state index contributed by atoms with van der Waals surface area (Å²) in [5, 5.41) is 12.3. The van der Waals surface area contributed by atoms with Crippen LogP contribution in [-0.2, 0) is 13.0 Å². The van der Waals surface area contributed by atoms with Crippen LogP contribution < -0.4 is 10.2 Å². The van der Waals surface area contributed by atoms with Crippen LogP contribution in [-0.4, -0.2) is 29.6 Å². The standard InChI is InChI=1S/C12H15N5/c13-7-11-15-10-3-4-14-8-9(10)12(16-11)17-5-1-2-6-17/h14H,1-6,8H2. The number of hydrogen-bond acceptors (Lipinski definition) is 5. The van der Waals surface area contributed by atoms with Gasteiger partial charge in [0.25, 0.3) is 0 Å². The van der Waals surface area contributed by atoms with Crippen molar-refractivity contribution in [2.75, 3.05) is 24.5 Å². The molecule has 0 radical (unpaired) electrons. The summed E-state index contributed by atoms with van der Waals surface area (Å²) in [7, 11) is 0. The molecule has 1 N–H and O–H groups in total. The Bertz CT molecular complexity index is 471. The molecule has 0 bridgehead atoms. The van der Waals surface area contributed by atoms with Gasteiger partial charge in [-0.15, -0.1) is 0 Å². The van der Waals surface area contributed by atoms with Gasteiger partial charge in [-0.2, -0.15) is 5.26 Å². The van der Waals surface area contributed by atoms with Crippen LogP contribution in [0.3, 0.4) is 0 Å². The number of hydrogen-bond donors (Lipinski definition) is 1.